The number of halogens is 1. The van der Waals surface area contributed by atoms with Crippen LogP contribution in [0.3, 0.4) is 0 Å². The average molecular weight is 455 g/mol. The molecule has 1 aliphatic heterocycles. The van der Waals surface area contributed by atoms with Crippen LogP contribution in [-0.2, 0) is 0 Å². The number of hydrogen-bond donors (Lipinski definition) is 2. The molecule has 0 radical (unpaired) electrons. The number of carbonyl (C=O) groups excluding carboxylic acids is 1. The lowest BCUT2D eigenvalue weighted by molar-refractivity contribution is 0.0716. The number of nitrogens with zero attached hydrogens (tertiary/aromatic N) is 3. The molecule has 168 valence electrons. The van der Waals surface area contributed by atoms with Crippen LogP contribution >= 0.6 is 11.6 Å². The molecule has 2 atom stereocenters. The van der Waals surface area contributed by atoms with Crippen molar-refractivity contribution in [2.75, 3.05) is 18.4 Å². The summed E-state index contributed by atoms with van der Waals surface area (Å²) in [6, 6.07) is 11.0. The van der Waals surface area contributed by atoms with Gasteiger partial charge in [-0.2, -0.15) is 0 Å². The number of para-hydroxylation sites is 1. The second-order valence-corrected chi connectivity index (χ2v) is 9.77. The molecule has 1 aliphatic rings. The molecule has 0 bridgehead atoms. The maximum Gasteiger partial charge on any atom is 0.407 e. The number of piperidine rings is 1. The number of likely N-dealkylation sites (tertiary alicyclic amines) is 1. The number of hydrogen-bond acceptors (Lipinski definition) is 3. The van der Waals surface area contributed by atoms with Crippen molar-refractivity contribution in [2.24, 2.45) is 11.3 Å². The fraction of sp³-hybridized carbons (Fsp3) is 0.375. The van der Waals surface area contributed by atoms with Crippen LogP contribution in [0, 0.1) is 11.3 Å². The Morgan fingerprint density at radius 2 is 1.94 bits per heavy atom. The number of carbonyl (C=O) groups is 2. The van der Waals surface area contributed by atoms with Gasteiger partial charge in [-0.1, -0.05) is 50.6 Å². The van der Waals surface area contributed by atoms with E-state index in [0.717, 1.165) is 12.0 Å². The monoisotopic (exact) mass is 454 g/mol. The van der Waals surface area contributed by atoms with Crippen molar-refractivity contribution in [3.05, 3.63) is 65.1 Å². The predicted octanol–water partition coefficient (Wildman–Crippen LogP) is 5.37. The SMILES string of the molecule is CC(C)(C)C1CN(C(=O)O)CCC1c1ccc2ncc(C(=O)Nc3ccccc3Cl)n2c1. The van der Waals surface area contributed by atoms with Crippen molar-refractivity contribution in [1.29, 1.82) is 0 Å². The van der Waals surface area contributed by atoms with Gasteiger partial charge in [0, 0.05) is 19.3 Å². The predicted molar refractivity (Wildman–Crippen MR) is 124 cm³/mol. The molecular formula is C24H27ClN4O3. The Labute approximate surface area is 192 Å². The van der Waals surface area contributed by atoms with Gasteiger partial charge in [-0.3, -0.25) is 9.20 Å². The van der Waals surface area contributed by atoms with Crippen LogP contribution in [0.2, 0.25) is 5.02 Å². The number of fused-ring (bicyclic) bond motifs is 1. The summed E-state index contributed by atoms with van der Waals surface area (Å²) < 4.78 is 1.80. The van der Waals surface area contributed by atoms with E-state index in [4.69, 9.17) is 11.6 Å². The van der Waals surface area contributed by atoms with E-state index >= 15 is 0 Å². The molecule has 1 saturated heterocycles. The molecule has 3 heterocycles. The zero-order chi connectivity index (χ0) is 23.0. The summed E-state index contributed by atoms with van der Waals surface area (Å²) in [5.41, 5.74) is 2.63. The van der Waals surface area contributed by atoms with Crippen LogP contribution in [-0.4, -0.2) is 44.5 Å². The smallest absolute Gasteiger partial charge is 0.407 e. The Kier molecular flexibility index (Phi) is 5.86. The molecule has 8 heteroatoms. The maximum absolute atomic E-state index is 13.0. The van der Waals surface area contributed by atoms with E-state index < -0.39 is 6.09 Å². The van der Waals surface area contributed by atoms with Gasteiger partial charge in [-0.15, -0.1) is 0 Å². The van der Waals surface area contributed by atoms with Crippen LogP contribution in [0.15, 0.2) is 48.8 Å². The molecule has 1 fully saturated rings. The third-order valence-electron chi connectivity index (χ3n) is 6.31. The number of imidazole rings is 1. The highest BCUT2D eigenvalue weighted by Gasteiger charge is 2.39. The Hall–Kier alpha value is -3.06. The number of aromatic nitrogens is 2. The number of pyridine rings is 1. The first-order valence-corrected chi connectivity index (χ1v) is 11.0. The van der Waals surface area contributed by atoms with Crippen LogP contribution in [0.1, 0.15) is 49.2 Å². The van der Waals surface area contributed by atoms with Gasteiger partial charge in [-0.05, 0) is 47.4 Å². The van der Waals surface area contributed by atoms with E-state index in [1.54, 1.807) is 28.8 Å². The number of benzene rings is 1. The second-order valence-electron chi connectivity index (χ2n) is 9.36. The molecule has 0 aliphatic carbocycles. The molecule has 2 unspecified atom stereocenters. The topological polar surface area (TPSA) is 86.9 Å². The molecule has 4 rings (SSSR count). The second kappa shape index (κ2) is 8.47. The fourth-order valence-corrected chi connectivity index (χ4v) is 4.72. The first-order chi connectivity index (χ1) is 15.1. The Morgan fingerprint density at radius 1 is 1.19 bits per heavy atom. The van der Waals surface area contributed by atoms with E-state index in [0.29, 0.717) is 35.1 Å². The Balaban J connectivity index is 1.67. The lowest BCUT2D eigenvalue weighted by Gasteiger charge is -2.44. The van der Waals surface area contributed by atoms with Gasteiger partial charge in [0.1, 0.15) is 11.3 Å². The fourth-order valence-electron chi connectivity index (χ4n) is 4.54. The molecule has 1 aromatic carbocycles. The van der Waals surface area contributed by atoms with E-state index in [1.807, 2.05) is 24.4 Å². The van der Waals surface area contributed by atoms with Crippen molar-refractivity contribution in [3.8, 4) is 0 Å². The highest BCUT2D eigenvalue weighted by atomic mass is 35.5. The van der Waals surface area contributed by atoms with Gasteiger partial charge in [0.15, 0.2) is 0 Å². The van der Waals surface area contributed by atoms with Crippen molar-refractivity contribution in [2.45, 2.75) is 33.1 Å². The molecule has 0 saturated carbocycles. The van der Waals surface area contributed by atoms with Crippen LogP contribution in [0.4, 0.5) is 10.5 Å². The van der Waals surface area contributed by atoms with Crippen molar-refractivity contribution >= 4 is 34.9 Å². The number of carboxylic acid groups (broad SMARTS) is 1. The summed E-state index contributed by atoms with van der Waals surface area (Å²) in [7, 11) is 0. The Morgan fingerprint density at radius 3 is 2.62 bits per heavy atom. The summed E-state index contributed by atoms with van der Waals surface area (Å²) >= 11 is 6.18. The van der Waals surface area contributed by atoms with Crippen LogP contribution in [0.5, 0.6) is 0 Å². The van der Waals surface area contributed by atoms with Crippen LogP contribution < -0.4 is 5.32 Å². The lowest BCUT2D eigenvalue weighted by atomic mass is 9.68. The van der Waals surface area contributed by atoms with E-state index in [2.05, 4.69) is 31.1 Å². The number of anilines is 1. The van der Waals surface area contributed by atoms with E-state index in [9.17, 15) is 14.7 Å². The first-order valence-electron chi connectivity index (χ1n) is 10.7. The quantitative estimate of drug-likeness (QED) is 0.557. The van der Waals surface area contributed by atoms with E-state index in [-0.39, 0.29) is 23.2 Å². The number of nitrogens with one attached hydrogen (secondary N) is 1. The summed E-state index contributed by atoms with van der Waals surface area (Å²) in [4.78, 5) is 30.4. The van der Waals surface area contributed by atoms with Crippen molar-refractivity contribution in [3.63, 3.8) is 0 Å². The van der Waals surface area contributed by atoms with Gasteiger partial charge in [-0.25, -0.2) is 9.78 Å². The highest BCUT2D eigenvalue weighted by Crippen LogP contribution is 2.43. The van der Waals surface area contributed by atoms with Gasteiger partial charge < -0.3 is 15.3 Å². The largest absolute Gasteiger partial charge is 0.465 e. The molecule has 7 nitrogen and oxygen atoms in total. The average Bonchev–Trinajstić information content (AvgIpc) is 3.17. The molecule has 0 spiro atoms. The lowest BCUT2D eigenvalue weighted by Crippen LogP contribution is -2.46. The minimum Gasteiger partial charge on any atom is -0.465 e. The maximum atomic E-state index is 13.0. The summed E-state index contributed by atoms with van der Waals surface area (Å²) in [6.07, 6.45) is 3.38. The molecule has 3 aromatic rings. The zero-order valence-corrected chi connectivity index (χ0v) is 19.1. The molecule has 2 N–H and O–H groups in total. The normalized spacial score (nSPS) is 19.2. The Bertz CT molecular complexity index is 1170. The summed E-state index contributed by atoms with van der Waals surface area (Å²) in [6.45, 7) is 7.43. The summed E-state index contributed by atoms with van der Waals surface area (Å²) in [5, 5.41) is 12.8. The molecule has 32 heavy (non-hydrogen) atoms. The third-order valence-corrected chi connectivity index (χ3v) is 6.64. The van der Waals surface area contributed by atoms with Gasteiger partial charge in [0.2, 0.25) is 0 Å². The number of amides is 2. The minimum absolute atomic E-state index is 0.0764. The van der Waals surface area contributed by atoms with Crippen molar-refractivity contribution < 1.29 is 14.7 Å². The molecule has 2 aromatic heterocycles. The van der Waals surface area contributed by atoms with Gasteiger partial charge in [0.25, 0.3) is 5.91 Å². The molecular weight excluding hydrogens is 428 g/mol. The minimum atomic E-state index is -0.874. The first kappa shape index (κ1) is 22.1. The summed E-state index contributed by atoms with van der Waals surface area (Å²) in [5.74, 6) is 0.0291. The molecule has 2 amide bonds. The number of rotatable bonds is 3. The third kappa shape index (κ3) is 4.30. The van der Waals surface area contributed by atoms with Crippen LogP contribution in [0.25, 0.3) is 5.65 Å². The standard InChI is InChI=1S/C24H27ClN4O3/c1-24(2,3)17-14-28(23(31)32)11-10-16(17)15-8-9-21-26-12-20(29(21)13-15)22(30)27-19-7-5-4-6-18(19)25/h4-9,12-13,16-17H,10-11,14H2,1-3H3,(H,27,30)(H,31,32). The van der Waals surface area contributed by atoms with Crippen molar-refractivity contribution in [1.82, 2.24) is 14.3 Å². The van der Waals surface area contributed by atoms with Gasteiger partial charge >= 0.3 is 6.09 Å². The van der Waals surface area contributed by atoms with E-state index in [1.165, 1.54) is 4.90 Å². The zero-order valence-electron chi connectivity index (χ0n) is 18.4. The highest BCUT2D eigenvalue weighted by molar-refractivity contribution is 6.33. The van der Waals surface area contributed by atoms with Gasteiger partial charge in [0.05, 0.1) is 16.9 Å².